The lowest BCUT2D eigenvalue weighted by Gasteiger charge is -2.06. The van der Waals surface area contributed by atoms with Gasteiger partial charge in [-0.25, -0.2) is 5.43 Å². The Morgan fingerprint density at radius 3 is 2.55 bits per heavy atom. The quantitative estimate of drug-likeness (QED) is 0.434. The second-order valence-electron chi connectivity index (χ2n) is 5.27. The monoisotopic (exact) mass is 312 g/mol. The van der Waals surface area contributed by atoms with E-state index in [2.05, 4.69) is 39.8 Å². The lowest BCUT2D eigenvalue weighted by molar-refractivity contribution is 0.997. The van der Waals surface area contributed by atoms with E-state index in [1.807, 2.05) is 19.1 Å². The Bertz CT molecular complexity index is 793. The smallest absolute Gasteiger partial charge is 0.209 e. The number of hydrogen-bond acceptors (Lipinski definition) is 2. The number of nitrogens with one attached hydrogen (secondary N) is 1. The number of benzene rings is 2. The Morgan fingerprint density at radius 1 is 1.14 bits per heavy atom. The van der Waals surface area contributed by atoms with Crippen LogP contribution in [0, 0.1) is 0 Å². The largest absolute Gasteiger partial charge is 0.369 e. The number of fused-ring (bicyclic) bond motifs is 3. The number of halogens is 1. The summed E-state index contributed by atoms with van der Waals surface area (Å²) < 4.78 is 0. The van der Waals surface area contributed by atoms with E-state index in [-0.39, 0.29) is 0 Å². The van der Waals surface area contributed by atoms with Gasteiger partial charge in [-0.15, -0.1) is 0 Å². The fourth-order valence-corrected chi connectivity index (χ4v) is 2.85. The molecule has 0 unspecified atom stereocenters. The zero-order valence-electron chi connectivity index (χ0n) is 12.5. The molecule has 112 valence electrons. The normalized spacial score (nSPS) is 13.8. The van der Waals surface area contributed by atoms with Gasteiger partial charge in [-0.05, 0) is 59.4 Å². The van der Waals surface area contributed by atoms with E-state index in [4.69, 9.17) is 17.3 Å². The van der Waals surface area contributed by atoms with Crippen molar-refractivity contribution < 1.29 is 0 Å². The first kappa shape index (κ1) is 14.6. The van der Waals surface area contributed by atoms with Gasteiger partial charge in [0.15, 0.2) is 0 Å². The van der Waals surface area contributed by atoms with E-state index in [0.29, 0.717) is 5.96 Å². The van der Waals surface area contributed by atoms with Gasteiger partial charge in [0.2, 0.25) is 5.96 Å². The summed E-state index contributed by atoms with van der Waals surface area (Å²) in [4.78, 5) is 3.81. The van der Waals surface area contributed by atoms with Crippen molar-refractivity contribution in [3.63, 3.8) is 0 Å². The molecule has 3 rings (SSSR count). The highest BCUT2D eigenvalue weighted by Gasteiger charge is 2.19. The molecule has 1 aliphatic rings. The molecule has 0 amide bonds. The second kappa shape index (κ2) is 5.81. The van der Waals surface area contributed by atoms with E-state index in [9.17, 15) is 0 Å². The van der Waals surface area contributed by atoms with Gasteiger partial charge in [0.05, 0.1) is 5.71 Å². The van der Waals surface area contributed by atoms with E-state index >= 15 is 0 Å². The third kappa shape index (κ3) is 2.70. The summed E-state index contributed by atoms with van der Waals surface area (Å²) in [6.07, 6.45) is 0.901. The van der Waals surface area contributed by atoms with Gasteiger partial charge in [0, 0.05) is 12.1 Å². The van der Waals surface area contributed by atoms with E-state index in [1.54, 1.807) is 7.05 Å². The van der Waals surface area contributed by atoms with Crippen LogP contribution < -0.4 is 11.2 Å². The number of hydrazone groups is 1. The maximum atomic E-state index is 6.08. The SMILES string of the molecule is CN=C(N)N/N=C(/C)c1ccc2c(c1)Cc1cc(Cl)ccc1-2. The second-order valence-corrected chi connectivity index (χ2v) is 5.70. The number of rotatable bonds is 2. The summed E-state index contributed by atoms with van der Waals surface area (Å²) in [7, 11) is 1.62. The van der Waals surface area contributed by atoms with Gasteiger partial charge in [-0.3, -0.25) is 4.99 Å². The van der Waals surface area contributed by atoms with Crippen LogP contribution in [-0.4, -0.2) is 18.7 Å². The summed E-state index contributed by atoms with van der Waals surface area (Å²) in [5.41, 5.74) is 15.3. The molecule has 0 saturated heterocycles. The van der Waals surface area contributed by atoms with Crippen LogP contribution in [0.1, 0.15) is 23.6 Å². The molecule has 22 heavy (non-hydrogen) atoms. The molecular formula is C17H17ClN4. The van der Waals surface area contributed by atoms with E-state index < -0.39 is 0 Å². The highest BCUT2D eigenvalue weighted by atomic mass is 35.5. The van der Waals surface area contributed by atoms with Gasteiger partial charge in [0.25, 0.3) is 0 Å². The first-order valence-electron chi connectivity index (χ1n) is 7.03. The van der Waals surface area contributed by atoms with Gasteiger partial charge in [-0.2, -0.15) is 5.10 Å². The molecule has 0 aliphatic heterocycles. The number of nitrogens with two attached hydrogens (primary N) is 1. The molecule has 0 fully saturated rings. The summed E-state index contributed by atoms with van der Waals surface area (Å²) in [6.45, 7) is 1.94. The third-order valence-electron chi connectivity index (χ3n) is 3.84. The first-order valence-corrected chi connectivity index (χ1v) is 7.41. The molecule has 1 aliphatic carbocycles. The highest BCUT2D eigenvalue weighted by molar-refractivity contribution is 6.30. The van der Waals surface area contributed by atoms with Crippen molar-refractivity contribution in [2.24, 2.45) is 15.8 Å². The predicted octanol–water partition coefficient (Wildman–Crippen LogP) is 3.17. The highest BCUT2D eigenvalue weighted by Crippen LogP contribution is 2.38. The van der Waals surface area contributed by atoms with Gasteiger partial charge in [-0.1, -0.05) is 29.8 Å². The maximum absolute atomic E-state index is 6.08. The van der Waals surface area contributed by atoms with Crippen LogP contribution >= 0.6 is 11.6 Å². The number of guanidine groups is 1. The molecule has 0 heterocycles. The fraction of sp³-hybridized carbons (Fsp3) is 0.176. The van der Waals surface area contributed by atoms with Crippen molar-refractivity contribution >= 4 is 23.3 Å². The minimum Gasteiger partial charge on any atom is -0.369 e. The standard InChI is InChI=1S/C17H17ClN4/c1-10(21-22-17(19)20-2)11-3-5-15-12(7-11)8-13-9-14(18)4-6-16(13)15/h3-7,9H,8H2,1-2H3,(H3,19,20,22)/b21-10-. The van der Waals surface area contributed by atoms with Crippen molar-refractivity contribution in [2.75, 3.05) is 7.05 Å². The number of hydrogen-bond donors (Lipinski definition) is 2. The maximum Gasteiger partial charge on any atom is 0.209 e. The summed E-state index contributed by atoms with van der Waals surface area (Å²) in [6, 6.07) is 12.4. The van der Waals surface area contributed by atoms with Crippen LogP contribution in [0.5, 0.6) is 0 Å². The van der Waals surface area contributed by atoms with Gasteiger partial charge >= 0.3 is 0 Å². The summed E-state index contributed by atoms with van der Waals surface area (Å²) in [5, 5.41) is 5.02. The van der Waals surface area contributed by atoms with Crippen molar-refractivity contribution in [2.45, 2.75) is 13.3 Å². The molecular weight excluding hydrogens is 296 g/mol. The molecule has 0 aromatic heterocycles. The average molecular weight is 313 g/mol. The Morgan fingerprint density at radius 2 is 1.82 bits per heavy atom. The zero-order valence-corrected chi connectivity index (χ0v) is 13.3. The van der Waals surface area contributed by atoms with E-state index in [1.165, 1.54) is 22.3 Å². The molecule has 0 atom stereocenters. The third-order valence-corrected chi connectivity index (χ3v) is 4.08. The first-order chi connectivity index (χ1) is 10.6. The number of nitrogens with zero attached hydrogens (tertiary/aromatic N) is 2. The zero-order chi connectivity index (χ0) is 15.7. The molecule has 0 spiro atoms. The lowest BCUT2D eigenvalue weighted by atomic mass is 10.0. The average Bonchev–Trinajstić information content (AvgIpc) is 2.88. The lowest BCUT2D eigenvalue weighted by Crippen LogP contribution is -2.27. The van der Waals surface area contributed by atoms with Crippen molar-refractivity contribution in [3.05, 3.63) is 58.1 Å². The minimum absolute atomic E-state index is 0.294. The molecule has 5 heteroatoms. The molecule has 3 N–H and O–H groups in total. The van der Waals surface area contributed by atoms with Crippen LogP contribution in [0.3, 0.4) is 0 Å². The van der Waals surface area contributed by atoms with Crippen LogP contribution in [0.4, 0.5) is 0 Å². The van der Waals surface area contributed by atoms with Crippen LogP contribution in [-0.2, 0) is 6.42 Å². The molecule has 0 bridgehead atoms. The van der Waals surface area contributed by atoms with E-state index in [0.717, 1.165) is 22.7 Å². The topological polar surface area (TPSA) is 62.8 Å². The molecule has 2 aromatic carbocycles. The van der Waals surface area contributed by atoms with Crippen LogP contribution in [0.15, 0.2) is 46.5 Å². The van der Waals surface area contributed by atoms with Crippen LogP contribution in [0.25, 0.3) is 11.1 Å². The summed E-state index contributed by atoms with van der Waals surface area (Å²) >= 11 is 6.08. The Labute approximate surface area is 134 Å². The predicted molar refractivity (Wildman–Crippen MR) is 92.6 cm³/mol. The fourth-order valence-electron chi connectivity index (χ4n) is 2.66. The molecule has 2 aromatic rings. The number of aliphatic imine (C=N–C) groups is 1. The van der Waals surface area contributed by atoms with Gasteiger partial charge in [0.1, 0.15) is 0 Å². The molecule has 0 radical (unpaired) electrons. The minimum atomic E-state index is 0.294. The summed E-state index contributed by atoms with van der Waals surface area (Å²) in [5.74, 6) is 0.294. The van der Waals surface area contributed by atoms with Crippen molar-refractivity contribution in [1.29, 1.82) is 0 Å². The molecule has 4 nitrogen and oxygen atoms in total. The Balaban J connectivity index is 1.91. The van der Waals surface area contributed by atoms with Crippen molar-refractivity contribution in [3.8, 4) is 11.1 Å². The molecule has 0 saturated carbocycles. The van der Waals surface area contributed by atoms with Crippen LogP contribution in [0.2, 0.25) is 5.02 Å². The van der Waals surface area contributed by atoms with Gasteiger partial charge < -0.3 is 5.73 Å². The Kier molecular flexibility index (Phi) is 3.86. The Hall–Kier alpha value is -2.33. The van der Waals surface area contributed by atoms with Crippen molar-refractivity contribution in [1.82, 2.24) is 5.43 Å².